The molecule has 1 atom stereocenters. The fourth-order valence-electron chi connectivity index (χ4n) is 3.31. The van der Waals surface area contributed by atoms with Gasteiger partial charge in [0.2, 0.25) is 0 Å². The van der Waals surface area contributed by atoms with Gasteiger partial charge in [0, 0.05) is 19.7 Å². The predicted octanol–water partition coefficient (Wildman–Crippen LogP) is 2.96. The summed E-state index contributed by atoms with van der Waals surface area (Å²) in [4.78, 5) is 16.5. The van der Waals surface area contributed by atoms with Crippen LogP contribution in [-0.2, 0) is 6.54 Å². The third-order valence-corrected chi connectivity index (χ3v) is 4.64. The number of rotatable bonds is 6. The minimum absolute atomic E-state index is 0.0965. The van der Waals surface area contributed by atoms with Crippen LogP contribution in [0.2, 0.25) is 0 Å². The van der Waals surface area contributed by atoms with Crippen LogP contribution in [0.1, 0.15) is 35.9 Å². The van der Waals surface area contributed by atoms with Gasteiger partial charge in [-0.05, 0) is 38.4 Å². The highest BCUT2D eigenvalue weighted by Gasteiger charge is 2.24. The largest absolute Gasteiger partial charge is 0.361 e. The molecule has 3 rings (SSSR count). The number of carbonyl (C=O) groups excluding carboxylic acids is 1. The summed E-state index contributed by atoms with van der Waals surface area (Å²) < 4.78 is 5.05. The number of benzene rings is 1. The van der Waals surface area contributed by atoms with Gasteiger partial charge in [-0.15, -0.1) is 0 Å². The molecule has 0 radical (unpaired) electrons. The third-order valence-electron chi connectivity index (χ3n) is 4.64. The second-order valence-electron chi connectivity index (χ2n) is 6.64. The van der Waals surface area contributed by atoms with Crippen molar-refractivity contribution in [2.75, 3.05) is 26.7 Å². The van der Waals surface area contributed by atoms with Gasteiger partial charge in [-0.25, -0.2) is 4.79 Å². The topological polar surface area (TPSA) is 61.6 Å². The molecule has 0 spiro atoms. The normalized spacial score (nSPS) is 15.9. The molecule has 1 N–H and O–H groups in total. The molecule has 0 unspecified atom stereocenters. The van der Waals surface area contributed by atoms with Crippen molar-refractivity contribution in [2.24, 2.45) is 0 Å². The smallest absolute Gasteiger partial charge is 0.317 e. The fourth-order valence-corrected chi connectivity index (χ4v) is 3.31. The van der Waals surface area contributed by atoms with Crippen molar-refractivity contribution < 1.29 is 9.32 Å². The lowest BCUT2D eigenvalue weighted by molar-refractivity contribution is 0.194. The Morgan fingerprint density at radius 3 is 2.68 bits per heavy atom. The van der Waals surface area contributed by atoms with Crippen molar-refractivity contribution in [3.05, 3.63) is 53.4 Å². The summed E-state index contributed by atoms with van der Waals surface area (Å²) >= 11 is 0. The van der Waals surface area contributed by atoms with E-state index in [0.717, 1.165) is 24.5 Å². The second-order valence-corrected chi connectivity index (χ2v) is 6.64. The Balaban J connectivity index is 1.59. The first-order valence-corrected chi connectivity index (χ1v) is 8.83. The molecule has 1 fully saturated rings. The van der Waals surface area contributed by atoms with Crippen LogP contribution in [0.25, 0.3) is 0 Å². The number of urea groups is 1. The van der Waals surface area contributed by atoms with E-state index in [9.17, 15) is 4.79 Å². The van der Waals surface area contributed by atoms with Gasteiger partial charge in [-0.2, -0.15) is 0 Å². The zero-order chi connectivity index (χ0) is 17.6. The molecule has 1 aromatic heterocycles. The van der Waals surface area contributed by atoms with Crippen LogP contribution in [0.15, 0.2) is 40.9 Å². The van der Waals surface area contributed by atoms with Crippen LogP contribution in [0.3, 0.4) is 0 Å². The highest BCUT2D eigenvalue weighted by atomic mass is 16.5. The molecule has 0 aliphatic carbocycles. The summed E-state index contributed by atoms with van der Waals surface area (Å²) in [7, 11) is 1.77. The number of amides is 2. The first-order chi connectivity index (χ1) is 12.1. The molecule has 1 aromatic carbocycles. The van der Waals surface area contributed by atoms with E-state index in [1.54, 1.807) is 11.9 Å². The number of aromatic nitrogens is 1. The van der Waals surface area contributed by atoms with Crippen LogP contribution in [0.5, 0.6) is 0 Å². The average molecular weight is 342 g/mol. The average Bonchev–Trinajstić information content (AvgIpc) is 3.28. The maximum Gasteiger partial charge on any atom is 0.317 e. The molecule has 1 aliphatic rings. The van der Waals surface area contributed by atoms with Crippen molar-refractivity contribution in [3.8, 4) is 0 Å². The number of nitrogens with one attached hydrogen (secondary N) is 1. The van der Waals surface area contributed by atoms with Gasteiger partial charge in [0.15, 0.2) is 0 Å². The van der Waals surface area contributed by atoms with Gasteiger partial charge in [0.25, 0.3) is 0 Å². The number of carbonyl (C=O) groups is 1. The minimum atomic E-state index is -0.0965. The Bertz CT molecular complexity index is 680. The maximum absolute atomic E-state index is 12.4. The highest BCUT2D eigenvalue weighted by molar-refractivity contribution is 5.73. The molecular weight excluding hydrogens is 316 g/mol. The lowest BCUT2D eigenvalue weighted by Crippen LogP contribution is -2.42. The van der Waals surface area contributed by atoms with Crippen molar-refractivity contribution in [3.63, 3.8) is 0 Å². The molecule has 6 heteroatoms. The Morgan fingerprint density at radius 2 is 2.04 bits per heavy atom. The summed E-state index contributed by atoms with van der Waals surface area (Å²) in [6, 6.07) is 12.4. The zero-order valence-electron chi connectivity index (χ0n) is 14.9. The van der Waals surface area contributed by atoms with Gasteiger partial charge < -0.3 is 14.7 Å². The second kappa shape index (κ2) is 8.16. The molecule has 134 valence electrons. The standard InChI is InChI=1S/C19H26N4O2/c1-15-12-17(21-25-15)14-22(2)19(24)20-13-18(23-10-6-7-11-23)16-8-4-3-5-9-16/h3-5,8-9,12,18H,6-7,10-11,13-14H2,1-2H3,(H,20,24)/t18-/m1/s1. The molecular formula is C19H26N4O2. The zero-order valence-corrected chi connectivity index (χ0v) is 14.9. The molecule has 2 heterocycles. The van der Waals surface area contributed by atoms with E-state index in [4.69, 9.17) is 4.52 Å². The molecule has 1 saturated heterocycles. The number of likely N-dealkylation sites (tertiary alicyclic amines) is 1. The summed E-state index contributed by atoms with van der Waals surface area (Å²) in [6.45, 7) is 5.05. The van der Waals surface area contributed by atoms with Crippen molar-refractivity contribution in [1.82, 2.24) is 20.3 Å². The molecule has 2 aromatic rings. The van der Waals surface area contributed by atoms with Crippen molar-refractivity contribution in [2.45, 2.75) is 32.4 Å². The summed E-state index contributed by atoms with van der Waals surface area (Å²) in [5.41, 5.74) is 2.01. The Morgan fingerprint density at radius 1 is 1.32 bits per heavy atom. The SMILES string of the molecule is Cc1cc(CN(C)C(=O)NC[C@H](c2ccccc2)N2CCCC2)no1. The van der Waals surface area contributed by atoms with Gasteiger partial charge in [0.05, 0.1) is 12.6 Å². The van der Waals surface area contributed by atoms with Gasteiger partial charge in [0.1, 0.15) is 11.5 Å². The minimum Gasteiger partial charge on any atom is -0.361 e. The van der Waals surface area contributed by atoms with E-state index in [1.807, 2.05) is 19.1 Å². The number of aryl methyl sites for hydroxylation is 1. The van der Waals surface area contributed by atoms with E-state index in [1.165, 1.54) is 18.4 Å². The van der Waals surface area contributed by atoms with Crippen molar-refractivity contribution >= 4 is 6.03 Å². The van der Waals surface area contributed by atoms with E-state index in [2.05, 4.69) is 39.6 Å². The maximum atomic E-state index is 12.4. The molecule has 0 saturated carbocycles. The molecule has 2 amide bonds. The molecule has 6 nitrogen and oxygen atoms in total. The summed E-state index contributed by atoms with van der Waals surface area (Å²) in [5.74, 6) is 0.752. The van der Waals surface area contributed by atoms with Gasteiger partial charge >= 0.3 is 6.03 Å². The first kappa shape index (κ1) is 17.5. The first-order valence-electron chi connectivity index (χ1n) is 8.83. The lowest BCUT2D eigenvalue weighted by Gasteiger charge is -2.29. The van der Waals surface area contributed by atoms with Crippen LogP contribution in [0, 0.1) is 6.92 Å². The fraction of sp³-hybridized carbons (Fsp3) is 0.474. The quantitative estimate of drug-likeness (QED) is 0.877. The van der Waals surface area contributed by atoms with Crippen LogP contribution in [-0.4, -0.2) is 47.7 Å². The monoisotopic (exact) mass is 342 g/mol. The molecule has 0 bridgehead atoms. The van der Waals surface area contributed by atoms with E-state index in [-0.39, 0.29) is 12.1 Å². The van der Waals surface area contributed by atoms with Crippen LogP contribution < -0.4 is 5.32 Å². The van der Waals surface area contributed by atoms with Crippen LogP contribution in [0.4, 0.5) is 4.79 Å². The highest BCUT2D eigenvalue weighted by Crippen LogP contribution is 2.24. The predicted molar refractivity (Wildman–Crippen MR) is 96.1 cm³/mol. The Kier molecular flexibility index (Phi) is 5.71. The van der Waals surface area contributed by atoms with Gasteiger partial charge in [-0.3, -0.25) is 4.90 Å². The van der Waals surface area contributed by atoms with Crippen molar-refractivity contribution in [1.29, 1.82) is 0 Å². The summed E-state index contributed by atoms with van der Waals surface area (Å²) in [6.07, 6.45) is 2.45. The Labute approximate surface area is 148 Å². The molecule has 25 heavy (non-hydrogen) atoms. The summed E-state index contributed by atoms with van der Waals surface area (Å²) in [5, 5.41) is 7.01. The number of hydrogen-bond donors (Lipinski definition) is 1. The van der Waals surface area contributed by atoms with Crippen LogP contribution >= 0.6 is 0 Å². The number of nitrogens with zero attached hydrogens (tertiary/aromatic N) is 3. The number of hydrogen-bond acceptors (Lipinski definition) is 4. The lowest BCUT2D eigenvalue weighted by atomic mass is 10.1. The van der Waals surface area contributed by atoms with E-state index in [0.29, 0.717) is 13.1 Å². The Hall–Kier alpha value is -2.34. The van der Waals surface area contributed by atoms with Gasteiger partial charge in [-0.1, -0.05) is 35.5 Å². The third kappa shape index (κ3) is 4.60. The van der Waals surface area contributed by atoms with E-state index >= 15 is 0 Å². The van der Waals surface area contributed by atoms with E-state index < -0.39 is 0 Å². The molecule has 1 aliphatic heterocycles.